The third-order valence-electron chi connectivity index (χ3n) is 5.75. The number of nitrogens with one attached hydrogen (secondary N) is 3. The molecule has 0 radical (unpaired) electrons. The van der Waals surface area contributed by atoms with Crippen LogP contribution in [0.25, 0.3) is 0 Å². The topological polar surface area (TPSA) is 82.9 Å². The van der Waals surface area contributed by atoms with E-state index in [0.717, 1.165) is 36.1 Å². The van der Waals surface area contributed by atoms with Gasteiger partial charge in [0.15, 0.2) is 6.67 Å². The number of rotatable bonds is 5. The van der Waals surface area contributed by atoms with Crippen molar-refractivity contribution in [3.63, 3.8) is 0 Å². The van der Waals surface area contributed by atoms with E-state index >= 15 is 0 Å². The van der Waals surface area contributed by atoms with Crippen molar-refractivity contribution in [2.75, 3.05) is 20.8 Å². The van der Waals surface area contributed by atoms with Crippen molar-refractivity contribution in [1.29, 1.82) is 0 Å². The Hall–Kier alpha value is -2.41. The normalized spacial score (nSPS) is 26.2. The van der Waals surface area contributed by atoms with Crippen molar-refractivity contribution < 1.29 is 19.3 Å². The van der Waals surface area contributed by atoms with Gasteiger partial charge in [0.05, 0.1) is 7.05 Å². The van der Waals surface area contributed by atoms with Crippen LogP contribution in [0.4, 0.5) is 4.79 Å². The average molecular weight is 373 g/mol. The predicted octanol–water partition coefficient (Wildman–Crippen LogP) is 0.519. The van der Waals surface area contributed by atoms with Crippen molar-refractivity contribution in [1.82, 2.24) is 15.5 Å². The lowest BCUT2D eigenvalue weighted by Crippen LogP contribution is -3.09. The summed E-state index contributed by atoms with van der Waals surface area (Å²) in [4.78, 5) is 39.4. The molecule has 3 rings (SSSR count). The Labute approximate surface area is 160 Å². The first-order chi connectivity index (χ1) is 12.8. The minimum atomic E-state index is -0.682. The minimum Gasteiger partial charge on any atom is -0.355 e. The number of quaternary nitrogens is 1. The Balaban J connectivity index is 1.60. The summed E-state index contributed by atoms with van der Waals surface area (Å²) in [5.74, 6) is 0.419. The average Bonchev–Trinajstić information content (AvgIpc) is 2.88. The predicted molar refractivity (Wildman–Crippen MR) is 101 cm³/mol. The Morgan fingerprint density at radius 2 is 1.89 bits per heavy atom. The van der Waals surface area contributed by atoms with Crippen molar-refractivity contribution in [2.24, 2.45) is 5.92 Å². The highest BCUT2D eigenvalue weighted by Gasteiger charge is 2.52. The van der Waals surface area contributed by atoms with E-state index in [9.17, 15) is 14.4 Å². The lowest BCUT2D eigenvalue weighted by Gasteiger charge is -2.33. The SMILES string of the molecule is CNC(=O)c1ccc(C[NH+](C)CN2C(=O)NC3(CCC(C)CC3)C2=O)cc1. The first kappa shape index (κ1) is 19.4. The number of hydrogen-bond donors (Lipinski definition) is 3. The van der Waals surface area contributed by atoms with Crippen LogP contribution < -0.4 is 15.5 Å². The van der Waals surface area contributed by atoms with E-state index in [1.54, 1.807) is 19.2 Å². The van der Waals surface area contributed by atoms with Crippen LogP contribution in [0.1, 0.15) is 48.5 Å². The van der Waals surface area contributed by atoms with E-state index in [4.69, 9.17) is 0 Å². The number of amides is 4. The summed E-state index contributed by atoms with van der Waals surface area (Å²) in [7, 11) is 3.56. The highest BCUT2D eigenvalue weighted by atomic mass is 16.2. The molecule has 146 valence electrons. The number of hydrogen-bond acceptors (Lipinski definition) is 3. The molecule has 0 aromatic heterocycles. The lowest BCUT2D eigenvalue weighted by atomic mass is 9.77. The fourth-order valence-corrected chi connectivity index (χ4v) is 4.01. The summed E-state index contributed by atoms with van der Waals surface area (Å²) in [5.41, 5.74) is 0.980. The van der Waals surface area contributed by atoms with Gasteiger partial charge in [0.25, 0.3) is 11.8 Å². The number of urea groups is 1. The van der Waals surface area contributed by atoms with Crippen LogP contribution in [0, 0.1) is 5.92 Å². The van der Waals surface area contributed by atoms with Crippen LogP contribution in [0.15, 0.2) is 24.3 Å². The Kier molecular flexibility index (Phi) is 5.51. The summed E-state index contributed by atoms with van der Waals surface area (Å²) in [6, 6.07) is 7.11. The smallest absolute Gasteiger partial charge is 0.329 e. The maximum absolute atomic E-state index is 12.9. The van der Waals surface area contributed by atoms with E-state index in [-0.39, 0.29) is 17.8 Å². The molecule has 1 spiro atoms. The summed E-state index contributed by atoms with van der Waals surface area (Å²) in [5, 5.41) is 5.56. The molecule has 0 bridgehead atoms. The summed E-state index contributed by atoms with van der Waals surface area (Å²) in [6.07, 6.45) is 3.41. The van der Waals surface area contributed by atoms with Gasteiger partial charge in [-0.3, -0.25) is 9.59 Å². The van der Waals surface area contributed by atoms with Crippen molar-refractivity contribution in [3.8, 4) is 0 Å². The van der Waals surface area contributed by atoms with Crippen LogP contribution in [0.5, 0.6) is 0 Å². The second-order valence-corrected chi connectivity index (χ2v) is 8.00. The van der Waals surface area contributed by atoms with Crippen LogP contribution in [-0.2, 0) is 11.3 Å². The number of carbonyl (C=O) groups is 3. The van der Waals surface area contributed by atoms with E-state index in [1.165, 1.54) is 4.90 Å². The molecule has 1 atom stereocenters. The largest absolute Gasteiger partial charge is 0.355 e. The molecule has 4 amide bonds. The van der Waals surface area contributed by atoms with Gasteiger partial charge in [0.2, 0.25) is 0 Å². The Morgan fingerprint density at radius 1 is 1.26 bits per heavy atom. The van der Waals surface area contributed by atoms with Gasteiger partial charge < -0.3 is 15.5 Å². The third-order valence-corrected chi connectivity index (χ3v) is 5.75. The van der Waals surface area contributed by atoms with Gasteiger partial charge in [0, 0.05) is 18.2 Å². The number of benzene rings is 1. The van der Waals surface area contributed by atoms with Gasteiger partial charge in [-0.15, -0.1) is 0 Å². The monoisotopic (exact) mass is 373 g/mol. The zero-order valence-electron chi connectivity index (χ0n) is 16.3. The van der Waals surface area contributed by atoms with Crippen molar-refractivity contribution in [2.45, 2.75) is 44.7 Å². The first-order valence-electron chi connectivity index (χ1n) is 9.61. The molecule has 1 saturated carbocycles. The molecule has 7 nitrogen and oxygen atoms in total. The maximum atomic E-state index is 12.9. The molecule has 1 saturated heterocycles. The zero-order valence-corrected chi connectivity index (χ0v) is 16.3. The van der Waals surface area contributed by atoms with E-state index in [0.29, 0.717) is 24.7 Å². The third kappa shape index (κ3) is 3.98. The highest BCUT2D eigenvalue weighted by molar-refractivity contribution is 6.06. The molecule has 1 aliphatic carbocycles. The summed E-state index contributed by atoms with van der Waals surface area (Å²) < 4.78 is 0. The number of imide groups is 1. The standard InChI is InChI=1S/C20H28N4O3/c1-14-8-10-20(11-9-14)18(26)24(19(27)22-20)13-23(3)12-15-4-6-16(7-5-15)17(25)21-2/h4-7,14H,8-13H2,1-3H3,(H,21,25)(H,22,27)/p+1. The Morgan fingerprint density at radius 3 is 2.48 bits per heavy atom. The molecule has 1 aromatic rings. The van der Waals surface area contributed by atoms with E-state index < -0.39 is 5.54 Å². The highest BCUT2D eigenvalue weighted by Crippen LogP contribution is 2.35. The zero-order chi connectivity index (χ0) is 19.6. The second-order valence-electron chi connectivity index (χ2n) is 8.00. The van der Waals surface area contributed by atoms with Gasteiger partial charge >= 0.3 is 6.03 Å². The number of nitrogens with zero attached hydrogens (tertiary/aromatic N) is 1. The van der Waals surface area contributed by atoms with E-state index in [2.05, 4.69) is 17.6 Å². The second kappa shape index (κ2) is 7.68. The van der Waals surface area contributed by atoms with E-state index in [1.807, 2.05) is 19.2 Å². The van der Waals surface area contributed by atoms with Crippen LogP contribution in [0.3, 0.4) is 0 Å². The van der Waals surface area contributed by atoms with Crippen LogP contribution >= 0.6 is 0 Å². The summed E-state index contributed by atoms with van der Waals surface area (Å²) >= 11 is 0. The maximum Gasteiger partial charge on any atom is 0.329 e. The van der Waals surface area contributed by atoms with Crippen molar-refractivity contribution in [3.05, 3.63) is 35.4 Å². The molecule has 27 heavy (non-hydrogen) atoms. The molecule has 1 heterocycles. The molecule has 2 aliphatic rings. The quantitative estimate of drug-likeness (QED) is 0.658. The van der Waals surface area contributed by atoms with Gasteiger partial charge in [-0.1, -0.05) is 19.1 Å². The summed E-state index contributed by atoms with van der Waals surface area (Å²) in [6.45, 7) is 3.19. The molecular weight excluding hydrogens is 344 g/mol. The fourth-order valence-electron chi connectivity index (χ4n) is 4.01. The molecule has 1 aromatic carbocycles. The molecule has 2 fully saturated rings. The van der Waals surface area contributed by atoms with Crippen LogP contribution in [-0.4, -0.2) is 49.0 Å². The molecule has 1 aliphatic heterocycles. The Bertz CT molecular complexity index is 723. The van der Waals surface area contributed by atoms with Gasteiger partial charge in [0.1, 0.15) is 12.1 Å². The van der Waals surface area contributed by atoms with Gasteiger partial charge in [-0.05, 0) is 43.7 Å². The number of carbonyl (C=O) groups excluding carboxylic acids is 3. The fraction of sp³-hybridized carbons (Fsp3) is 0.550. The van der Waals surface area contributed by atoms with Gasteiger partial charge in [-0.25, -0.2) is 9.69 Å². The minimum absolute atomic E-state index is 0.0753. The molecule has 7 heteroatoms. The molecule has 3 N–H and O–H groups in total. The van der Waals surface area contributed by atoms with Crippen LogP contribution in [0.2, 0.25) is 0 Å². The molecule has 1 unspecified atom stereocenters. The van der Waals surface area contributed by atoms with Crippen molar-refractivity contribution >= 4 is 17.8 Å². The molecular formula is C20H29N4O3+. The van der Waals surface area contributed by atoms with Gasteiger partial charge in [-0.2, -0.15) is 0 Å². The first-order valence-corrected chi connectivity index (χ1v) is 9.61. The lowest BCUT2D eigenvalue weighted by molar-refractivity contribution is -0.901.